The highest BCUT2D eigenvalue weighted by Crippen LogP contribution is 1.86. The molecule has 0 saturated carbocycles. The second-order valence-corrected chi connectivity index (χ2v) is 2.39. The summed E-state index contributed by atoms with van der Waals surface area (Å²) >= 11 is 4.12. The smallest absolute Gasteiger partial charge is 0.0105 e. The molecule has 2 N–H and O–H groups in total. The van der Waals surface area contributed by atoms with Crippen LogP contribution in [-0.4, -0.2) is 36.8 Å². The lowest BCUT2D eigenvalue weighted by Gasteiger charge is -2.17. The van der Waals surface area contributed by atoms with E-state index < -0.39 is 0 Å². The van der Waals surface area contributed by atoms with Gasteiger partial charge in [0.1, 0.15) is 0 Å². The molecule has 0 rings (SSSR count). The van der Waals surface area contributed by atoms with Crippen LogP contribution < -0.4 is 5.73 Å². The molecule has 0 aromatic rings. The van der Waals surface area contributed by atoms with E-state index in [0.29, 0.717) is 0 Å². The summed E-state index contributed by atoms with van der Waals surface area (Å²) < 4.78 is 0. The van der Waals surface area contributed by atoms with Gasteiger partial charge >= 0.3 is 0 Å². The first-order chi connectivity index (χ1) is 4.35. The van der Waals surface area contributed by atoms with E-state index in [0.717, 1.165) is 31.9 Å². The maximum atomic E-state index is 5.37. The molecule has 0 amide bonds. The van der Waals surface area contributed by atoms with Gasteiger partial charge in [-0.15, -0.1) is 0 Å². The minimum absolute atomic E-state index is 0.752. The maximum absolute atomic E-state index is 5.37. The van der Waals surface area contributed by atoms with Crippen molar-refractivity contribution in [2.24, 2.45) is 5.73 Å². The summed E-state index contributed by atoms with van der Waals surface area (Å²) in [6.07, 6.45) is 0. The van der Waals surface area contributed by atoms with Gasteiger partial charge in [-0.05, 0) is 6.54 Å². The topological polar surface area (TPSA) is 29.3 Å². The molecule has 0 aliphatic carbocycles. The van der Waals surface area contributed by atoms with Gasteiger partial charge in [0, 0.05) is 25.4 Å². The normalized spacial score (nSPS) is 10.7. The van der Waals surface area contributed by atoms with Crippen LogP contribution in [-0.2, 0) is 0 Å². The average molecular weight is 148 g/mol. The lowest BCUT2D eigenvalue weighted by Crippen LogP contribution is -2.30. The van der Waals surface area contributed by atoms with Crippen molar-refractivity contribution in [2.45, 2.75) is 6.92 Å². The summed E-state index contributed by atoms with van der Waals surface area (Å²) in [5.74, 6) is 0.924. The fourth-order valence-corrected chi connectivity index (χ4v) is 1.03. The van der Waals surface area contributed by atoms with Gasteiger partial charge in [0.05, 0.1) is 0 Å². The third-order valence-electron chi connectivity index (χ3n) is 1.31. The molecule has 0 spiro atoms. The maximum Gasteiger partial charge on any atom is 0.0105 e. The van der Waals surface area contributed by atoms with Crippen LogP contribution in [0.25, 0.3) is 0 Å². The van der Waals surface area contributed by atoms with Crippen LogP contribution in [0.1, 0.15) is 6.92 Å². The van der Waals surface area contributed by atoms with Crippen LogP contribution in [0.4, 0.5) is 0 Å². The molecule has 0 aliphatic rings. The fraction of sp³-hybridized carbons (Fsp3) is 1.00. The van der Waals surface area contributed by atoms with Crippen molar-refractivity contribution in [1.82, 2.24) is 4.90 Å². The van der Waals surface area contributed by atoms with E-state index in [1.54, 1.807) is 0 Å². The quantitative estimate of drug-likeness (QED) is 0.545. The second-order valence-electron chi connectivity index (χ2n) is 1.95. The molecule has 0 bridgehead atoms. The Kier molecular flexibility index (Phi) is 6.58. The Hall–Kier alpha value is 0.270. The highest BCUT2D eigenvalue weighted by Gasteiger charge is 1.96. The number of hydrogen-bond acceptors (Lipinski definition) is 3. The van der Waals surface area contributed by atoms with E-state index in [4.69, 9.17) is 5.73 Å². The molecular weight excluding hydrogens is 132 g/mol. The minimum Gasteiger partial charge on any atom is -0.329 e. The van der Waals surface area contributed by atoms with Crippen molar-refractivity contribution >= 4 is 12.6 Å². The number of thiol groups is 1. The van der Waals surface area contributed by atoms with Crippen LogP contribution >= 0.6 is 12.6 Å². The Bertz CT molecular complexity index is 53.0. The molecule has 0 aliphatic heterocycles. The molecule has 0 heterocycles. The van der Waals surface area contributed by atoms with Gasteiger partial charge in [-0.25, -0.2) is 0 Å². The fourth-order valence-electron chi connectivity index (χ4n) is 0.752. The molecule has 0 aromatic carbocycles. The molecule has 0 fully saturated rings. The van der Waals surface area contributed by atoms with E-state index in [9.17, 15) is 0 Å². The molecule has 2 nitrogen and oxygen atoms in total. The predicted octanol–water partition coefficient (Wildman–Crippen LogP) is 0.197. The number of nitrogens with two attached hydrogens (primary N) is 1. The standard InChI is InChI=1S/C6H16N2S/c1-2-8(4-3-7)5-6-9/h9H,2-7H2,1H3. The highest BCUT2D eigenvalue weighted by molar-refractivity contribution is 7.80. The summed E-state index contributed by atoms with van der Waals surface area (Å²) in [5, 5.41) is 0. The van der Waals surface area contributed by atoms with Gasteiger partial charge in [0.15, 0.2) is 0 Å². The monoisotopic (exact) mass is 148 g/mol. The van der Waals surface area contributed by atoms with Crippen LogP contribution in [0.3, 0.4) is 0 Å². The lowest BCUT2D eigenvalue weighted by molar-refractivity contribution is 0.315. The third kappa shape index (κ3) is 4.75. The van der Waals surface area contributed by atoms with E-state index >= 15 is 0 Å². The Morgan fingerprint density at radius 2 is 2.11 bits per heavy atom. The summed E-state index contributed by atoms with van der Waals surface area (Å²) in [4.78, 5) is 2.28. The van der Waals surface area contributed by atoms with Gasteiger partial charge in [0.25, 0.3) is 0 Å². The first-order valence-corrected chi connectivity index (χ1v) is 4.01. The Morgan fingerprint density at radius 3 is 2.44 bits per heavy atom. The van der Waals surface area contributed by atoms with Crippen LogP contribution in [0, 0.1) is 0 Å². The molecule has 9 heavy (non-hydrogen) atoms. The number of nitrogens with zero attached hydrogens (tertiary/aromatic N) is 1. The van der Waals surface area contributed by atoms with E-state index in [1.807, 2.05) is 0 Å². The average Bonchev–Trinajstić information content (AvgIpc) is 1.88. The molecule has 0 aromatic heterocycles. The van der Waals surface area contributed by atoms with Crippen molar-refractivity contribution < 1.29 is 0 Å². The van der Waals surface area contributed by atoms with Gasteiger partial charge in [-0.1, -0.05) is 6.92 Å². The Morgan fingerprint density at radius 1 is 1.44 bits per heavy atom. The molecule has 56 valence electrons. The predicted molar refractivity (Wildman–Crippen MR) is 45.0 cm³/mol. The number of hydrogen-bond donors (Lipinski definition) is 2. The highest BCUT2D eigenvalue weighted by atomic mass is 32.1. The zero-order valence-electron chi connectivity index (χ0n) is 6.01. The first kappa shape index (κ1) is 9.27. The molecule has 3 heteroatoms. The van der Waals surface area contributed by atoms with Crippen LogP contribution in [0.2, 0.25) is 0 Å². The number of likely N-dealkylation sites (N-methyl/N-ethyl adjacent to an activating group) is 1. The summed E-state index contributed by atoms with van der Waals surface area (Å²) in [5.41, 5.74) is 5.37. The van der Waals surface area contributed by atoms with Gasteiger partial charge < -0.3 is 10.6 Å². The van der Waals surface area contributed by atoms with Crippen molar-refractivity contribution in [3.8, 4) is 0 Å². The SMILES string of the molecule is CCN(CCN)CCS. The second kappa shape index (κ2) is 6.39. The molecule has 0 radical (unpaired) electrons. The van der Waals surface area contributed by atoms with Crippen molar-refractivity contribution in [3.05, 3.63) is 0 Å². The zero-order valence-corrected chi connectivity index (χ0v) is 6.90. The molecule has 0 saturated heterocycles. The largest absolute Gasteiger partial charge is 0.329 e. The third-order valence-corrected chi connectivity index (χ3v) is 1.51. The Labute approximate surface area is 62.8 Å². The van der Waals surface area contributed by atoms with Gasteiger partial charge in [-0.3, -0.25) is 0 Å². The summed E-state index contributed by atoms with van der Waals surface area (Å²) in [7, 11) is 0. The van der Waals surface area contributed by atoms with Crippen molar-refractivity contribution in [1.29, 1.82) is 0 Å². The van der Waals surface area contributed by atoms with Gasteiger partial charge in [-0.2, -0.15) is 12.6 Å². The Balaban J connectivity index is 3.18. The molecular formula is C6H16N2S. The van der Waals surface area contributed by atoms with E-state index in [1.165, 1.54) is 0 Å². The van der Waals surface area contributed by atoms with Gasteiger partial charge in [0.2, 0.25) is 0 Å². The van der Waals surface area contributed by atoms with Crippen molar-refractivity contribution in [3.63, 3.8) is 0 Å². The first-order valence-electron chi connectivity index (χ1n) is 3.38. The van der Waals surface area contributed by atoms with Crippen molar-refractivity contribution in [2.75, 3.05) is 31.9 Å². The summed E-state index contributed by atoms with van der Waals surface area (Å²) in [6, 6.07) is 0. The summed E-state index contributed by atoms with van der Waals surface area (Å²) in [6.45, 7) is 6.02. The van der Waals surface area contributed by atoms with Crippen LogP contribution in [0.5, 0.6) is 0 Å². The molecule has 0 unspecified atom stereocenters. The molecule has 0 atom stereocenters. The van der Waals surface area contributed by atoms with E-state index in [2.05, 4.69) is 24.5 Å². The number of rotatable bonds is 5. The lowest BCUT2D eigenvalue weighted by atomic mass is 10.5. The van der Waals surface area contributed by atoms with Crippen LogP contribution in [0.15, 0.2) is 0 Å². The van der Waals surface area contributed by atoms with E-state index in [-0.39, 0.29) is 0 Å². The zero-order chi connectivity index (χ0) is 7.11. The minimum atomic E-state index is 0.752.